The summed E-state index contributed by atoms with van der Waals surface area (Å²) in [5.74, 6) is -2.26. The normalized spacial score (nSPS) is 22.7. The number of amides is 2. The fourth-order valence-electron chi connectivity index (χ4n) is 4.32. The zero-order valence-electron chi connectivity index (χ0n) is 16.9. The average molecular weight is 473 g/mol. The van der Waals surface area contributed by atoms with Gasteiger partial charge in [0.25, 0.3) is 5.91 Å². The molecule has 0 N–H and O–H groups in total. The van der Waals surface area contributed by atoms with Crippen molar-refractivity contribution in [1.29, 1.82) is 0 Å². The number of rotatable bonds is 3. The van der Waals surface area contributed by atoms with Crippen LogP contribution in [0.2, 0.25) is 5.02 Å². The largest absolute Gasteiger partial charge is 0.416 e. The number of hydrogen-bond acceptors (Lipinski definition) is 4. The SMILES string of the molecule is O=C1[C@H]2[C@H](ON(c3ccccc3)[C@@H]2c2cccc(C(F)(F)F)c2)C(=O)N1c1ccccc1Cl. The second-order valence-corrected chi connectivity index (χ2v) is 8.15. The molecule has 2 amide bonds. The molecule has 2 saturated heterocycles. The van der Waals surface area contributed by atoms with E-state index >= 15 is 0 Å². The molecule has 0 unspecified atom stereocenters. The molecule has 2 heterocycles. The van der Waals surface area contributed by atoms with Gasteiger partial charge in [0.2, 0.25) is 5.91 Å². The van der Waals surface area contributed by atoms with E-state index in [1.165, 1.54) is 23.3 Å². The van der Waals surface area contributed by atoms with E-state index in [0.29, 0.717) is 5.69 Å². The van der Waals surface area contributed by atoms with Crippen molar-refractivity contribution in [2.45, 2.75) is 18.3 Å². The van der Waals surface area contributed by atoms with Gasteiger partial charge >= 0.3 is 6.18 Å². The Bertz CT molecular complexity index is 1230. The predicted octanol–water partition coefficient (Wildman–Crippen LogP) is 5.41. The van der Waals surface area contributed by atoms with Gasteiger partial charge in [-0.2, -0.15) is 13.2 Å². The van der Waals surface area contributed by atoms with Gasteiger partial charge in [0.1, 0.15) is 5.92 Å². The summed E-state index contributed by atoms with van der Waals surface area (Å²) >= 11 is 6.22. The first kappa shape index (κ1) is 21.5. The van der Waals surface area contributed by atoms with Crippen LogP contribution >= 0.6 is 11.6 Å². The number of alkyl halides is 3. The van der Waals surface area contributed by atoms with E-state index in [-0.39, 0.29) is 16.3 Å². The van der Waals surface area contributed by atoms with Crippen LogP contribution < -0.4 is 9.96 Å². The number of hydroxylamine groups is 1. The van der Waals surface area contributed by atoms with Crippen molar-refractivity contribution in [1.82, 2.24) is 0 Å². The highest BCUT2D eigenvalue weighted by Gasteiger charge is 2.60. The number of hydrogen-bond donors (Lipinski definition) is 0. The molecule has 2 aliphatic heterocycles. The number of imide groups is 1. The Kier molecular flexibility index (Phi) is 5.14. The number of carbonyl (C=O) groups is 2. The lowest BCUT2D eigenvalue weighted by molar-refractivity contribution is -0.137. The van der Waals surface area contributed by atoms with Gasteiger partial charge in [0, 0.05) is 0 Å². The van der Waals surface area contributed by atoms with Crippen molar-refractivity contribution in [3.63, 3.8) is 0 Å². The maximum absolute atomic E-state index is 13.5. The summed E-state index contributed by atoms with van der Waals surface area (Å²) in [5.41, 5.74) is 0.0833. The minimum atomic E-state index is -4.56. The number of anilines is 2. The van der Waals surface area contributed by atoms with Gasteiger partial charge in [-0.25, -0.2) is 9.96 Å². The lowest BCUT2D eigenvalue weighted by atomic mass is 9.89. The predicted molar refractivity (Wildman–Crippen MR) is 115 cm³/mol. The van der Waals surface area contributed by atoms with E-state index in [9.17, 15) is 22.8 Å². The second-order valence-electron chi connectivity index (χ2n) is 7.74. The molecule has 0 radical (unpaired) electrons. The Balaban J connectivity index is 1.62. The van der Waals surface area contributed by atoms with Gasteiger partial charge in [0.15, 0.2) is 6.10 Å². The highest BCUT2D eigenvalue weighted by atomic mass is 35.5. The Labute approximate surface area is 191 Å². The molecule has 2 aliphatic rings. The molecule has 0 bridgehead atoms. The number of fused-ring (bicyclic) bond motifs is 1. The Morgan fingerprint density at radius 3 is 2.24 bits per heavy atom. The smallest absolute Gasteiger partial charge is 0.273 e. The summed E-state index contributed by atoms with van der Waals surface area (Å²) in [5, 5.41) is 1.56. The molecule has 3 aromatic rings. The fourth-order valence-corrected chi connectivity index (χ4v) is 4.54. The summed E-state index contributed by atoms with van der Waals surface area (Å²) in [6.45, 7) is 0. The lowest BCUT2D eigenvalue weighted by Gasteiger charge is -2.29. The van der Waals surface area contributed by atoms with Crippen LogP contribution in [-0.2, 0) is 20.6 Å². The van der Waals surface area contributed by atoms with Crippen LogP contribution in [0.15, 0.2) is 78.9 Å². The van der Waals surface area contributed by atoms with E-state index in [4.69, 9.17) is 16.4 Å². The monoisotopic (exact) mass is 472 g/mol. The molecular weight excluding hydrogens is 457 g/mol. The van der Waals surface area contributed by atoms with Crippen molar-refractivity contribution in [2.75, 3.05) is 9.96 Å². The molecule has 0 spiro atoms. The summed E-state index contributed by atoms with van der Waals surface area (Å²) in [6.07, 6.45) is -5.76. The fraction of sp³-hybridized carbons (Fsp3) is 0.167. The van der Waals surface area contributed by atoms with Gasteiger partial charge in [-0.3, -0.25) is 14.4 Å². The maximum atomic E-state index is 13.5. The van der Waals surface area contributed by atoms with Crippen LogP contribution in [0.25, 0.3) is 0 Å². The quantitative estimate of drug-likeness (QED) is 0.478. The van der Waals surface area contributed by atoms with Gasteiger partial charge in [0.05, 0.1) is 28.0 Å². The third kappa shape index (κ3) is 3.55. The summed E-state index contributed by atoms with van der Waals surface area (Å²) in [6, 6.07) is 18.8. The van der Waals surface area contributed by atoms with Crippen molar-refractivity contribution >= 4 is 34.8 Å². The first-order valence-electron chi connectivity index (χ1n) is 10.1. The second kappa shape index (κ2) is 7.90. The molecule has 0 aromatic heterocycles. The molecule has 0 saturated carbocycles. The van der Waals surface area contributed by atoms with E-state index in [1.54, 1.807) is 48.5 Å². The topological polar surface area (TPSA) is 49.9 Å². The van der Waals surface area contributed by atoms with Crippen LogP contribution in [0.3, 0.4) is 0 Å². The van der Waals surface area contributed by atoms with Crippen molar-refractivity contribution in [3.05, 3.63) is 95.0 Å². The van der Waals surface area contributed by atoms with Gasteiger partial charge < -0.3 is 0 Å². The van der Waals surface area contributed by atoms with E-state index < -0.39 is 41.6 Å². The van der Waals surface area contributed by atoms with Crippen LogP contribution in [-0.4, -0.2) is 17.9 Å². The molecule has 0 aliphatic carbocycles. The number of nitrogens with zero attached hydrogens (tertiary/aromatic N) is 2. The molecule has 3 atom stereocenters. The Morgan fingerprint density at radius 1 is 0.848 bits per heavy atom. The molecular formula is C24H16ClF3N2O3. The molecule has 9 heteroatoms. The number of halogens is 4. The van der Waals surface area contributed by atoms with E-state index in [2.05, 4.69) is 0 Å². The van der Waals surface area contributed by atoms with Gasteiger partial charge in [-0.15, -0.1) is 0 Å². The number of benzene rings is 3. The van der Waals surface area contributed by atoms with Gasteiger partial charge in [-0.1, -0.05) is 54.1 Å². The minimum Gasteiger partial charge on any atom is -0.273 e. The summed E-state index contributed by atoms with van der Waals surface area (Å²) in [4.78, 5) is 33.6. The number of para-hydroxylation sites is 2. The van der Waals surface area contributed by atoms with Gasteiger partial charge in [-0.05, 0) is 42.0 Å². The van der Waals surface area contributed by atoms with E-state index in [0.717, 1.165) is 17.0 Å². The zero-order chi connectivity index (χ0) is 23.3. The maximum Gasteiger partial charge on any atom is 0.416 e. The highest BCUT2D eigenvalue weighted by Crippen LogP contribution is 2.48. The Hall–Kier alpha value is -3.36. The summed E-state index contributed by atoms with van der Waals surface area (Å²) < 4.78 is 40.3. The van der Waals surface area contributed by atoms with Crippen molar-refractivity contribution in [3.8, 4) is 0 Å². The Morgan fingerprint density at radius 2 is 1.55 bits per heavy atom. The summed E-state index contributed by atoms with van der Waals surface area (Å²) in [7, 11) is 0. The average Bonchev–Trinajstić information content (AvgIpc) is 3.31. The van der Waals surface area contributed by atoms with Crippen molar-refractivity contribution in [2.24, 2.45) is 5.92 Å². The zero-order valence-corrected chi connectivity index (χ0v) is 17.6. The third-order valence-electron chi connectivity index (χ3n) is 5.77. The molecule has 33 heavy (non-hydrogen) atoms. The van der Waals surface area contributed by atoms with Crippen LogP contribution in [0, 0.1) is 5.92 Å². The minimum absolute atomic E-state index is 0.203. The van der Waals surface area contributed by atoms with Crippen LogP contribution in [0.1, 0.15) is 17.2 Å². The highest BCUT2D eigenvalue weighted by molar-refractivity contribution is 6.36. The molecule has 5 rings (SSSR count). The van der Waals surface area contributed by atoms with E-state index in [1.807, 2.05) is 0 Å². The molecule has 3 aromatic carbocycles. The molecule has 5 nitrogen and oxygen atoms in total. The van der Waals surface area contributed by atoms with Crippen molar-refractivity contribution < 1.29 is 27.6 Å². The third-order valence-corrected chi connectivity index (χ3v) is 6.09. The molecule has 2 fully saturated rings. The first-order valence-corrected chi connectivity index (χ1v) is 10.5. The molecule has 168 valence electrons. The number of carbonyl (C=O) groups excluding carboxylic acids is 2. The van der Waals surface area contributed by atoms with Crippen LogP contribution in [0.5, 0.6) is 0 Å². The standard InChI is InChI=1S/C24H16ClF3N2O3/c25-17-11-4-5-12-18(17)29-22(31)19-20(14-7-6-8-15(13-14)24(26,27)28)30(33-21(19)23(29)32)16-9-2-1-3-10-16/h1-13,19-21H/t19-,20-,21+/m1/s1. The lowest BCUT2D eigenvalue weighted by Crippen LogP contribution is -2.37. The van der Waals surface area contributed by atoms with Crippen LogP contribution in [0.4, 0.5) is 24.5 Å². The first-order chi connectivity index (χ1) is 15.8.